The van der Waals surface area contributed by atoms with Gasteiger partial charge >= 0.3 is 0 Å². The Bertz CT molecular complexity index is 627. The van der Waals surface area contributed by atoms with Crippen molar-refractivity contribution in [2.75, 3.05) is 19.0 Å². The minimum Gasteiger partial charge on any atom is -0.494 e. The van der Waals surface area contributed by atoms with Gasteiger partial charge in [-0.2, -0.15) is 0 Å². The van der Waals surface area contributed by atoms with Crippen LogP contribution in [-0.4, -0.2) is 23.6 Å². The van der Waals surface area contributed by atoms with E-state index in [9.17, 15) is 10.1 Å². The molecule has 0 aliphatic heterocycles. The van der Waals surface area contributed by atoms with Crippen LogP contribution in [0.15, 0.2) is 36.4 Å². The van der Waals surface area contributed by atoms with Gasteiger partial charge in [-0.15, -0.1) is 0 Å². The Morgan fingerprint density at radius 3 is 2.52 bits per heavy atom. The number of anilines is 1. The van der Waals surface area contributed by atoms with Crippen molar-refractivity contribution in [3.63, 3.8) is 0 Å². The third-order valence-electron chi connectivity index (χ3n) is 2.93. The summed E-state index contributed by atoms with van der Waals surface area (Å²) >= 11 is 0. The van der Waals surface area contributed by atoms with Gasteiger partial charge < -0.3 is 10.1 Å². The summed E-state index contributed by atoms with van der Waals surface area (Å²) in [5.41, 5.74) is 1.01. The number of rotatable bonds is 6. The number of pyridine rings is 1. The van der Waals surface area contributed by atoms with Crippen molar-refractivity contribution in [3.05, 3.63) is 46.5 Å². The number of ether oxygens (including phenoxy) is 1. The molecule has 0 saturated carbocycles. The lowest BCUT2D eigenvalue weighted by Gasteiger charge is -2.07. The molecule has 0 spiro atoms. The van der Waals surface area contributed by atoms with E-state index in [2.05, 4.69) is 10.3 Å². The molecule has 0 aliphatic carbocycles. The lowest BCUT2D eigenvalue weighted by molar-refractivity contribution is -0.384. The molecule has 110 valence electrons. The van der Waals surface area contributed by atoms with E-state index in [0.29, 0.717) is 23.7 Å². The predicted molar refractivity (Wildman–Crippen MR) is 81.7 cm³/mol. The Labute approximate surface area is 122 Å². The first-order valence-electron chi connectivity index (χ1n) is 6.72. The van der Waals surface area contributed by atoms with Crippen molar-refractivity contribution in [1.82, 2.24) is 4.98 Å². The van der Waals surface area contributed by atoms with E-state index in [1.165, 1.54) is 6.07 Å². The molecule has 1 heterocycles. The van der Waals surface area contributed by atoms with E-state index in [4.69, 9.17) is 4.74 Å². The largest absolute Gasteiger partial charge is 0.494 e. The zero-order valence-corrected chi connectivity index (χ0v) is 12.0. The van der Waals surface area contributed by atoms with Crippen molar-refractivity contribution in [3.8, 4) is 17.0 Å². The normalized spacial score (nSPS) is 10.2. The molecule has 6 nitrogen and oxygen atoms in total. The molecule has 1 N–H and O–H groups in total. The summed E-state index contributed by atoms with van der Waals surface area (Å²) in [7, 11) is 1.72. The number of nitrogens with zero attached hydrogens (tertiary/aromatic N) is 2. The fourth-order valence-corrected chi connectivity index (χ4v) is 1.88. The monoisotopic (exact) mass is 287 g/mol. The molecule has 2 rings (SSSR count). The predicted octanol–water partition coefficient (Wildman–Crippen LogP) is 3.49. The van der Waals surface area contributed by atoms with Crippen LogP contribution in [0.3, 0.4) is 0 Å². The first-order chi connectivity index (χ1) is 10.2. The molecule has 0 amide bonds. The van der Waals surface area contributed by atoms with Crippen molar-refractivity contribution >= 4 is 11.5 Å². The van der Waals surface area contributed by atoms with Crippen molar-refractivity contribution < 1.29 is 9.66 Å². The summed E-state index contributed by atoms with van der Waals surface area (Å²) < 4.78 is 5.50. The van der Waals surface area contributed by atoms with Crippen molar-refractivity contribution in [1.29, 1.82) is 0 Å². The van der Waals surface area contributed by atoms with Gasteiger partial charge in [0.15, 0.2) is 5.69 Å². The van der Waals surface area contributed by atoms with Crippen molar-refractivity contribution in [2.45, 2.75) is 13.3 Å². The molecule has 1 aromatic heterocycles. The molecule has 0 bridgehead atoms. The van der Waals surface area contributed by atoms with Gasteiger partial charge in [-0.25, -0.2) is 4.98 Å². The number of hydrogen-bond donors (Lipinski definition) is 1. The van der Waals surface area contributed by atoms with Crippen LogP contribution >= 0.6 is 0 Å². The standard InChI is InChI=1S/C15H17N3O3/c1-3-10-21-12-6-4-11(5-7-12)15-13(18(19)20)8-9-14(16-2)17-15/h4-9H,3,10H2,1-2H3,(H,16,17). The summed E-state index contributed by atoms with van der Waals surface area (Å²) in [6.07, 6.45) is 0.930. The average Bonchev–Trinajstić information content (AvgIpc) is 2.52. The van der Waals surface area contributed by atoms with Crippen molar-refractivity contribution in [2.24, 2.45) is 0 Å². The van der Waals surface area contributed by atoms with Gasteiger partial charge in [-0.1, -0.05) is 6.92 Å². The first-order valence-corrected chi connectivity index (χ1v) is 6.72. The molecule has 0 saturated heterocycles. The Kier molecular flexibility index (Phi) is 4.71. The quantitative estimate of drug-likeness (QED) is 0.650. The smallest absolute Gasteiger partial charge is 0.295 e. The number of aromatic nitrogens is 1. The maximum absolute atomic E-state index is 11.1. The molecule has 0 atom stereocenters. The van der Waals surface area contributed by atoms with Crippen LogP contribution in [0.2, 0.25) is 0 Å². The van der Waals surface area contributed by atoms with Crippen LogP contribution in [-0.2, 0) is 0 Å². The molecule has 1 aromatic carbocycles. The van der Waals surface area contributed by atoms with Crippen LogP contribution in [0.1, 0.15) is 13.3 Å². The summed E-state index contributed by atoms with van der Waals surface area (Å²) in [5, 5.41) is 14.0. The summed E-state index contributed by atoms with van der Waals surface area (Å²) in [6.45, 7) is 2.68. The van der Waals surface area contributed by atoms with Crippen LogP contribution < -0.4 is 10.1 Å². The van der Waals surface area contributed by atoms with Crippen LogP contribution in [0.25, 0.3) is 11.3 Å². The van der Waals surface area contributed by atoms with Gasteiger partial charge in [0.1, 0.15) is 11.6 Å². The average molecular weight is 287 g/mol. The van der Waals surface area contributed by atoms with Gasteiger partial charge in [-0.3, -0.25) is 10.1 Å². The van der Waals surface area contributed by atoms with Crippen LogP contribution in [0.5, 0.6) is 5.75 Å². The Morgan fingerprint density at radius 2 is 1.95 bits per heavy atom. The second-order valence-electron chi connectivity index (χ2n) is 4.44. The molecule has 2 aromatic rings. The van der Waals surface area contributed by atoms with E-state index < -0.39 is 4.92 Å². The molecule has 6 heteroatoms. The van der Waals surface area contributed by atoms with E-state index in [0.717, 1.165) is 12.2 Å². The maximum Gasteiger partial charge on any atom is 0.295 e. The highest BCUT2D eigenvalue weighted by atomic mass is 16.6. The summed E-state index contributed by atoms with van der Waals surface area (Å²) in [4.78, 5) is 15.0. The Hall–Kier alpha value is -2.63. The zero-order valence-electron chi connectivity index (χ0n) is 12.0. The molecular weight excluding hydrogens is 270 g/mol. The number of nitrogens with one attached hydrogen (secondary N) is 1. The number of hydrogen-bond acceptors (Lipinski definition) is 5. The van der Waals surface area contributed by atoms with E-state index in [1.807, 2.05) is 6.92 Å². The first kappa shape index (κ1) is 14.8. The van der Waals surface area contributed by atoms with Gasteiger partial charge in [0, 0.05) is 18.7 Å². The molecule has 0 aliphatic rings. The topological polar surface area (TPSA) is 77.3 Å². The number of benzene rings is 1. The van der Waals surface area contributed by atoms with Gasteiger partial charge in [0.2, 0.25) is 0 Å². The Morgan fingerprint density at radius 1 is 1.24 bits per heavy atom. The fourth-order valence-electron chi connectivity index (χ4n) is 1.88. The second kappa shape index (κ2) is 6.69. The maximum atomic E-state index is 11.1. The fraction of sp³-hybridized carbons (Fsp3) is 0.267. The second-order valence-corrected chi connectivity index (χ2v) is 4.44. The third kappa shape index (κ3) is 3.47. The summed E-state index contributed by atoms with van der Waals surface area (Å²) in [6, 6.07) is 10.2. The van der Waals surface area contributed by atoms with E-state index in [1.54, 1.807) is 37.4 Å². The highest BCUT2D eigenvalue weighted by molar-refractivity contribution is 5.71. The van der Waals surface area contributed by atoms with Gasteiger partial charge in [0.05, 0.1) is 11.5 Å². The molecule has 21 heavy (non-hydrogen) atoms. The highest BCUT2D eigenvalue weighted by Crippen LogP contribution is 2.30. The minimum atomic E-state index is -0.427. The lowest BCUT2D eigenvalue weighted by atomic mass is 10.1. The Balaban J connectivity index is 2.37. The molecular formula is C15H17N3O3. The SMILES string of the molecule is CCCOc1ccc(-c2nc(NC)ccc2[N+](=O)[O-])cc1. The van der Waals surface area contributed by atoms with E-state index in [-0.39, 0.29) is 5.69 Å². The van der Waals surface area contributed by atoms with Gasteiger partial charge in [0.25, 0.3) is 5.69 Å². The molecule has 0 unspecified atom stereocenters. The lowest BCUT2D eigenvalue weighted by Crippen LogP contribution is -1.99. The zero-order chi connectivity index (χ0) is 15.2. The third-order valence-corrected chi connectivity index (χ3v) is 2.93. The highest BCUT2D eigenvalue weighted by Gasteiger charge is 2.17. The van der Waals surface area contributed by atoms with Gasteiger partial charge in [-0.05, 0) is 36.8 Å². The van der Waals surface area contributed by atoms with Crippen LogP contribution in [0.4, 0.5) is 11.5 Å². The number of nitro groups is 1. The summed E-state index contributed by atoms with van der Waals surface area (Å²) in [5.74, 6) is 1.33. The molecule has 0 fully saturated rings. The molecule has 0 radical (unpaired) electrons. The van der Waals surface area contributed by atoms with E-state index >= 15 is 0 Å². The van der Waals surface area contributed by atoms with Crippen LogP contribution in [0, 0.1) is 10.1 Å². The minimum absolute atomic E-state index is 0.0174.